The molecule has 1 atom stereocenters. The van der Waals surface area contributed by atoms with Crippen LogP contribution in [-0.4, -0.2) is 54.1 Å². The molecule has 7 nitrogen and oxygen atoms in total. The maximum atomic E-state index is 13.2. The minimum atomic E-state index is -0.979. The highest BCUT2D eigenvalue weighted by Gasteiger charge is 2.46. The SMILES string of the molecule is COc1ccc(OC)c2c1cc1n2CC(C)(C(=O)NC2CCCC2)N(C)C1=O. The predicted octanol–water partition coefficient (Wildman–Crippen LogP) is 2.56. The Labute approximate surface area is 164 Å². The Hall–Kier alpha value is -2.70. The number of carbonyl (C=O) groups excluding carboxylic acids is 2. The second-order valence-electron chi connectivity index (χ2n) is 7.94. The van der Waals surface area contributed by atoms with Gasteiger partial charge in [-0.1, -0.05) is 12.8 Å². The molecule has 1 N–H and O–H groups in total. The van der Waals surface area contributed by atoms with Crippen LogP contribution in [0.25, 0.3) is 10.9 Å². The van der Waals surface area contributed by atoms with Crippen LogP contribution in [0.5, 0.6) is 11.5 Å². The third kappa shape index (κ3) is 2.64. The number of fused-ring (bicyclic) bond motifs is 3. The molecular weight excluding hydrogens is 358 g/mol. The van der Waals surface area contributed by atoms with Crippen LogP contribution in [-0.2, 0) is 11.3 Å². The van der Waals surface area contributed by atoms with Crippen LogP contribution >= 0.6 is 0 Å². The van der Waals surface area contributed by atoms with E-state index in [1.54, 1.807) is 26.2 Å². The standard InChI is InChI=1S/C21H27N3O4/c1-21(20(26)22-13-7-5-6-8-13)12-24-15(19(25)23(21)2)11-14-16(27-3)9-10-17(28-4)18(14)24/h9-11,13H,5-8,12H2,1-4H3,(H,22,26). The Morgan fingerprint density at radius 1 is 1.18 bits per heavy atom. The van der Waals surface area contributed by atoms with Crippen molar-refractivity contribution in [3.05, 3.63) is 23.9 Å². The zero-order chi connectivity index (χ0) is 20.1. The lowest BCUT2D eigenvalue weighted by molar-refractivity contribution is -0.132. The van der Waals surface area contributed by atoms with Gasteiger partial charge in [-0.2, -0.15) is 0 Å². The van der Waals surface area contributed by atoms with Gasteiger partial charge in [0.1, 0.15) is 22.7 Å². The van der Waals surface area contributed by atoms with Crippen LogP contribution in [0.15, 0.2) is 18.2 Å². The highest BCUT2D eigenvalue weighted by Crippen LogP contribution is 2.39. The molecule has 2 amide bonds. The third-order valence-electron chi connectivity index (χ3n) is 6.33. The summed E-state index contributed by atoms with van der Waals surface area (Å²) >= 11 is 0. The smallest absolute Gasteiger partial charge is 0.271 e. The van der Waals surface area contributed by atoms with Gasteiger partial charge in [-0.25, -0.2) is 0 Å². The normalized spacial score (nSPS) is 22.4. The van der Waals surface area contributed by atoms with E-state index >= 15 is 0 Å². The van der Waals surface area contributed by atoms with Gasteiger partial charge in [-0.05, 0) is 38.0 Å². The summed E-state index contributed by atoms with van der Waals surface area (Å²) in [5.74, 6) is 1.03. The Morgan fingerprint density at radius 3 is 2.46 bits per heavy atom. The second kappa shape index (κ2) is 6.72. The van der Waals surface area contributed by atoms with E-state index in [2.05, 4.69) is 5.32 Å². The largest absolute Gasteiger partial charge is 0.496 e. The maximum Gasteiger partial charge on any atom is 0.271 e. The number of amides is 2. The Bertz CT molecular complexity index is 945. The first kappa shape index (κ1) is 18.7. The predicted molar refractivity (Wildman–Crippen MR) is 106 cm³/mol. The molecule has 1 aliphatic carbocycles. The van der Waals surface area contributed by atoms with Crippen molar-refractivity contribution < 1.29 is 19.1 Å². The number of aromatic nitrogens is 1. The van der Waals surface area contributed by atoms with Crippen LogP contribution in [0.4, 0.5) is 0 Å². The zero-order valence-electron chi connectivity index (χ0n) is 16.9. The van der Waals surface area contributed by atoms with Gasteiger partial charge in [0.2, 0.25) is 5.91 Å². The molecule has 0 radical (unpaired) electrons. The Morgan fingerprint density at radius 2 is 1.82 bits per heavy atom. The highest BCUT2D eigenvalue weighted by molar-refractivity contribution is 6.05. The number of nitrogens with one attached hydrogen (secondary N) is 1. The van der Waals surface area contributed by atoms with E-state index in [1.165, 1.54) is 0 Å². The van der Waals surface area contributed by atoms with Gasteiger partial charge in [0.15, 0.2) is 0 Å². The molecule has 1 saturated carbocycles. The topological polar surface area (TPSA) is 72.8 Å². The molecule has 0 saturated heterocycles. The van der Waals surface area contributed by atoms with E-state index < -0.39 is 5.54 Å². The molecule has 1 aromatic heterocycles. The van der Waals surface area contributed by atoms with Crippen LogP contribution < -0.4 is 14.8 Å². The lowest BCUT2D eigenvalue weighted by atomic mass is 9.95. The van der Waals surface area contributed by atoms with Gasteiger partial charge < -0.3 is 24.3 Å². The Kier molecular flexibility index (Phi) is 4.48. The molecule has 28 heavy (non-hydrogen) atoms. The van der Waals surface area contributed by atoms with Crippen molar-refractivity contribution in [3.8, 4) is 11.5 Å². The molecular formula is C21H27N3O4. The fourth-order valence-electron chi connectivity index (χ4n) is 4.45. The van der Waals surface area contributed by atoms with Crippen molar-refractivity contribution in [3.63, 3.8) is 0 Å². The minimum absolute atomic E-state index is 0.107. The summed E-state index contributed by atoms with van der Waals surface area (Å²) in [7, 11) is 4.90. The zero-order valence-corrected chi connectivity index (χ0v) is 16.9. The third-order valence-corrected chi connectivity index (χ3v) is 6.33. The molecule has 2 aromatic rings. The first-order chi connectivity index (χ1) is 13.4. The molecule has 0 spiro atoms. The summed E-state index contributed by atoms with van der Waals surface area (Å²) in [4.78, 5) is 27.9. The molecule has 2 aliphatic rings. The first-order valence-electron chi connectivity index (χ1n) is 9.74. The number of hydrogen-bond acceptors (Lipinski definition) is 4. The van der Waals surface area contributed by atoms with E-state index in [0.717, 1.165) is 36.6 Å². The summed E-state index contributed by atoms with van der Waals surface area (Å²) < 4.78 is 12.9. The molecule has 1 aliphatic heterocycles. The molecule has 7 heteroatoms. The highest BCUT2D eigenvalue weighted by atomic mass is 16.5. The number of hydrogen-bond donors (Lipinski definition) is 1. The minimum Gasteiger partial charge on any atom is -0.496 e. The fraction of sp³-hybridized carbons (Fsp3) is 0.524. The number of likely N-dealkylation sites (N-methyl/N-ethyl adjacent to an activating group) is 1. The van der Waals surface area contributed by atoms with Gasteiger partial charge in [-0.3, -0.25) is 9.59 Å². The lowest BCUT2D eigenvalue weighted by Crippen LogP contribution is -2.63. The molecule has 1 unspecified atom stereocenters. The molecule has 150 valence electrons. The van der Waals surface area contributed by atoms with Gasteiger partial charge in [0, 0.05) is 18.5 Å². The Balaban J connectivity index is 1.81. The van der Waals surface area contributed by atoms with Crippen molar-refractivity contribution in [1.82, 2.24) is 14.8 Å². The molecule has 2 heterocycles. The molecule has 1 aromatic carbocycles. The number of ether oxygens (including phenoxy) is 2. The summed E-state index contributed by atoms with van der Waals surface area (Å²) in [5, 5.41) is 3.96. The number of rotatable bonds is 4. The number of methoxy groups -OCH3 is 2. The van der Waals surface area contributed by atoms with Gasteiger partial charge >= 0.3 is 0 Å². The first-order valence-corrected chi connectivity index (χ1v) is 9.74. The average molecular weight is 385 g/mol. The lowest BCUT2D eigenvalue weighted by Gasteiger charge is -2.42. The number of benzene rings is 1. The maximum absolute atomic E-state index is 13.2. The number of nitrogens with zero attached hydrogens (tertiary/aromatic N) is 2. The van der Waals surface area contributed by atoms with Crippen molar-refractivity contribution in [2.45, 2.75) is 50.7 Å². The van der Waals surface area contributed by atoms with E-state index in [1.807, 2.05) is 29.7 Å². The van der Waals surface area contributed by atoms with Crippen molar-refractivity contribution in [2.75, 3.05) is 21.3 Å². The summed E-state index contributed by atoms with van der Waals surface area (Å²) in [5.41, 5.74) is 0.330. The molecule has 1 fully saturated rings. The summed E-state index contributed by atoms with van der Waals surface area (Å²) in [6.45, 7) is 2.19. The monoisotopic (exact) mass is 385 g/mol. The molecule has 4 rings (SSSR count). The number of carbonyl (C=O) groups is 2. The quantitative estimate of drug-likeness (QED) is 0.878. The van der Waals surface area contributed by atoms with E-state index in [4.69, 9.17) is 9.47 Å². The van der Waals surface area contributed by atoms with Gasteiger partial charge in [0.25, 0.3) is 5.91 Å². The van der Waals surface area contributed by atoms with Crippen molar-refractivity contribution >= 4 is 22.7 Å². The van der Waals surface area contributed by atoms with Crippen LogP contribution in [0.1, 0.15) is 43.1 Å². The van der Waals surface area contributed by atoms with E-state index in [0.29, 0.717) is 23.7 Å². The van der Waals surface area contributed by atoms with Crippen LogP contribution in [0.2, 0.25) is 0 Å². The summed E-state index contributed by atoms with van der Waals surface area (Å²) in [6.07, 6.45) is 4.28. The van der Waals surface area contributed by atoms with Crippen LogP contribution in [0, 0.1) is 0 Å². The molecule has 0 bridgehead atoms. The van der Waals surface area contributed by atoms with Crippen molar-refractivity contribution in [1.29, 1.82) is 0 Å². The second-order valence-corrected chi connectivity index (χ2v) is 7.94. The van der Waals surface area contributed by atoms with Gasteiger partial charge in [-0.15, -0.1) is 0 Å². The van der Waals surface area contributed by atoms with E-state index in [-0.39, 0.29) is 17.9 Å². The van der Waals surface area contributed by atoms with Crippen LogP contribution in [0.3, 0.4) is 0 Å². The van der Waals surface area contributed by atoms with E-state index in [9.17, 15) is 9.59 Å². The van der Waals surface area contributed by atoms with Gasteiger partial charge in [0.05, 0.1) is 26.3 Å². The summed E-state index contributed by atoms with van der Waals surface area (Å²) in [6, 6.07) is 5.68. The average Bonchev–Trinajstić information content (AvgIpc) is 3.33. The fourth-order valence-corrected chi connectivity index (χ4v) is 4.45. The van der Waals surface area contributed by atoms with Crippen molar-refractivity contribution in [2.24, 2.45) is 0 Å².